The molecule has 0 aromatic carbocycles. The van der Waals surface area contributed by atoms with Gasteiger partial charge in [-0.3, -0.25) is 0 Å². The number of aromatic nitrogens is 1. The van der Waals surface area contributed by atoms with E-state index in [1.165, 1.54) is 25.7 Å². The lowest BCUT2D eigenvalue weighted by Gasteiger charge is -2.34. The van der Waals surface area contributed by atoms with Gasteiger partial charge in [-0.15, -0.1) is 0 Å². The van der Waals surface area contributed by atoms with Gasteiger partial charge in [-0.25, -0.2) is 9.78 Å². The zero-order valence-electron chi connectivity index (χ0n) is 12.6. The number of esters is 1. The maximum Gasteiger partial charge on any atom is 0.339 e. The molecule has 0 atom stereocenters. The molecule has 1 heterocycles. The summed E-state index contributed by atoms with van der Waals surface area (Å²) in [6.07, 6.45) is 6.41. The minimum Gasteiger partial charge on any atom is -0.462 e. The maximum atomic E-state index is 11.5. The van der Waals surface area contributed by atoms with E-state index in [9.17, 15) is 4.79 Å². The highest BCUT2D eigenvalue weighted by Gasteiger charge is 2.26. The van der Waals surface area contributed by atoms with Gasteiger partial charge in [0, 0.05) is 12.2 Å². The maximum absolute atomic E-state index is 11.5. The van der Waals surface area contributed by atoms with Crippen molar-refractivity contribution in [2.75, 3.05) is 11.9 Å². The number of rotatable bonds is 4. The van der Waals surface area contributed by atoms with Gasteiger partial charge in [0.25, 0.3) is 0 Å². The molecule has 1 fully saturated rings. The first-order valence-corrected chi connectivity index (χ1v) is 7.40. The summed E-state index contributed by atoms with van der Waals surface area (Å²) >= 11 is 0. The molecular formula is C16H24N2O2. The molecule has 0 saturated heterocycles. The summed E-state index contributed by atoms with van der Waals surface area (Å²) in [5.41, 5.74) is 0.974. The Morgan fingerprint density at radius 3 is 2.65 bits per heavy atom. The van der Waals surface area contributed by atoms with Crippen molar-refractivity contribution in [3.05, 3.63) is 23.9 Å². The van der Waals surface area contributed by atoms with E-state index in [2.05, 4.69) is 24.1 Å². The summed E-state index contributed by atoms with van der Waals surface area (Å²) in [6, 6.07) is 4.11. The fraction of sp³-hybridized carbons (Fsp3) is 0.625. The molecule has 20 heavy (non-hydrogen) atoms. The van der Waals surface area contributed by atoms with Gasteiger partial charge in [0.1, 0.15) is 5.82 Å². The summed E-state index contributed by atoms with van der Waals surface area (Å²) < 4.78 is 4.94. The van der Waals surface area contributed by atoms with Crippen molar-refractivity contribution in [1.82, 2.24) is 4.98 Å². The second-order valence-electron chi connectivity index (χ2n) is 6.24. The number of hydrogen-bond donors (Lipinski definition) is 1. The Hall–Kier alpha value is -1.58. The smallest absolute Gasteiger partial charge is 0.339 e. The predicted molar refractivity (Wildman–Crippen MR) is 79.9 cm³/mol. The van der Waals surface area contributed by atoms with Crippen LogP contribution in [-0.2, 0) is 4.74 Å². The van der Waals surface area contributed by atoms with Gasteiger partial charge in [0.2, 0.25) is 0 Å². The standard InChI is InChI=1S/C16H24N2O2/c1-4-20-15(19)12-5-6-14(17-11-12)18-13-7-9-16(2,3)10-8-13/h5-6,11,13H,4,7-10H2,1-3H3,(H,17,18). The SMILES string of the molecule is CCOC(=O)c1ccc(NC2CCC(C)(C)CC2)nc1. The van der Waals surface area contributed by atoms with Crippen LogP contribution in [0.3, 0.4) is 0 Å². The molecule has 110 valence electrons. The Labute approximate surface area is 120 Å². The Morgan fingerprint density at radius 2 is 2.10 bits per heavy atom. The Kier molecular flexibility index (Phi) is 4.63. The monoisotopic (exact) mass is 276 g/mol. The highest BCUT2D eigenvalue weighted by Crippen LogP contribution is 2.35. The van der Waals surface area contributed by atoms with Gasteiger partial charge in [0.15, 0.2) is 0 Å². The van der Waals surface area contributed by atoms with Gasteiger partial charge >= 0.3 is 5.97 Å². The van der Waals surface area contributed by atoms with E-state index in [1.807, 2.05) is 6.07 Å². The summed E-state index contributed by atoms with van der Waals surface area (Å²) in [4.78, 5) is 15.8. The van der Waals surface area contributed by atoms with Gasteiger partial charge in [-0.05, 0) is 50.2 Å². The third-order valence-corrected chi connectivity index (χ3v) is 3.97. The zero-order chi connectivity index (χ0) is 14.6. The van der Waals surface area contributed by atoms with Crippen LogP contribution in [0.2, 0.25) is 0 Å². The van der Waals surface area contributed by atoms with E-state index < -0.39 is 0 Å². The second-order valence-corrected chi connectivity index (χ2v) is 6.24. The first kappa shape index (κ1) is 14.8. The van der Waals surface area contributed by atoms with Gasteiger partial charge in [0.05, 0.1) is 12.2 Å². The first-order valence-electron chi connectivity index (χ1n) is 7.40. The minimum absolute atomic E-state index is 0.314. The van der Waals surface area contributed by atoms with Crippen LogP contribution >= 0.6 is 0 Å². The number of carbonyl (C=O) groups excluding carboxylic acids is 1. The van der Waals surface area contributed by atoms with Crippen LogP contribution in [0.4, 0.5) is 5.82 Å². The van der Waals surface area contributed by atoms with Crippen molar-refractivity contribution < 1.29 is 9.53 Å². The molecule has 0 radical (unpaired) electrons. The molecule has 1 N–H and O–H groups in total. The summed E-state index contributed by atoms with van der Waals surface area (Å²) in [5, 5.41) is 3.45. The Balaban J connectivity index is 1.90. The number of anilines is 1. The van der Waals surface area contributed by atoms with E-state index in [0.29, 0.717) is 23.6 Å². The quantitative estimate of drug-likeness (QED) is 0.853. The summed E-state index contributed by atoms with van der Waals surface area (Å²) in [6.45, 7) is 6.84. The van der Waals surface area contributed by atoms with Gasteiger partial charge in [-0.1, -0.05) is 13.8 Å². The third kappa shape index (κ3) is 3.95. The van der Waals surface area contributed by atoms with Crippen molar-refractivity contribution >= 4 is 11.8 Å². The van der Waals surface area contributed by atoms with Crippen molar-refractivity contribution in [2.24, 2.45) is 5.41 Å². The Bertz CT molecular complexity index is 444. The van der Waals surface area contributed by atoms with Gasteiger partial charge in [-0.2, -0.15) is 0 Å². The number of carbonyl (C=O) groups is 1. The topological polar surface area (TPSA) is 51.2 Å². The molecule has 0 spiro atoms. The van der Waals surface area contributed by atoms with Crippen LogP contribution in [0.5, 0.6) is 0 Å². The first-order chi connectivity index (χ1) is 9.50. The molecule has 4 heteroatoms. The van der Waals surface area contributed by atoms with E-state index in [1.54, 1.807) is 19.2 Å². The molecule has 2 rings (SSSR count). The molecule has 0 aliphatic heterocycles. The van der Waals surface area contributed by atoms with E-state index in [-0.39, 0.29) is 5.97 Å². The third-order valence-electron chi connectivity index (χ3n) is 3.97. The molecule has 0 unspecified atom stereocenters. The number of nitrogens with zero attached hydrogens (tertiary/aromatic N) is 1. The molecule has 0 bridgehead atoms. The van der Waals surface area contributed by atoms with Crippen LogP contribution in [0.15, 0.2) is 18.3 Å². The molecule has 4 nitrogen and oxygen atoms in total. The van der Waals surface area contributed by atoms with E-state index in [4.69, 9.17) is 4.74 Å². The highest BCUT2D eigenvalue weighted by atomic mass is 16.5. The number of nitrogens with one attached hydrogen (secondary N) is 1. The van der Waals surface area contributed by atoms with Crippen LogP contribution in [0.1, 0.15) is 56.8 Å². The molecule has 1 saturated carbocycles. The molecule has 1 aliphatic carbocycles. The molecule has 1 aromatic rings. The lowest BCUT2D eigenvalue weighted by atomic mass is 9.75. The number of hydrogen-bond acceptors (Lipinski definition) is 4. The van der Waals surface area contributed by atoms with Crippen molar-refractivity contribution in [3.63, 3.8) is 0 Å². The average molecular weight is 276 g/mol. The summed E-state index contributed by atoms with van der Waals surface area (Å²) in [7, 11) is 0. The molecule has 0 amide bonds. The van der Waals surface area contributed by atoms with Crippen LogP contribution < -0.4 is 5.32 Å². The predicted octanol–water partition coefficient (Wildman–Crippen LogP) is 3.64. The van der Waals surface area contributed by atoms with Crippen molar-refractivity contribution in [1.29, 1.82) is 0 Å². The highest BCUT2D eigenvalue weighted by molar-refractivity contribution is 5.89. The Morgan fingerprint density at radius 1 is 1.40 bits per heavy atom. The fourth-order valence-electron chi connectivity index (χ4n) is 2.57. The molecular weight excluding hydrogens is 252 g/mol. The number of ether oxygens (including phenoxy) is 1. The second kappa shape index (κ2) is 6.25. The zero-order valence-corrected chi connectivity index (χ0v) is 12.6. The van der Waals surface area contributed by atoms with Gasteiger partial charge < -0.3 is 10.1 Å². The lowest BCUT2D eigenvalue weighted by molar-refractivity contribution is 0.0526. The lowest BCUT2D eigenvalue weighted by Crippen LogP contribution is -2.30. The van der Waals surface area contributed by atoms with Crippen LogP contribution in [0, 0.1) is 5.41 Å². The van der Waals surface area contributed by atoms with E-state index in [0.717, 1.165) is 5.82 Å². The average Bonchev–Trinajstić information content (AvgIpc) is 2.42. The molecule has 1 aliphatic rings. The van der Waals surface area contributed by atoms with Crippen LogP contribution in [0.25, 0.3) is 0 Å². The summed E-state index contributed by atoms with van der Waals surface area (Å²) in [5.74, 6) is 0.522. The largest absolute Gasteiger partial charge is 0.462 e. The van der Waals surface area contributed by atoms with Crippen molar-refractivity contribution in [3.8, 4) is 0 Å². The van der Waals surface area contributed by atoms with Crippen molar-refractivity contribution in [2.45, 2.75) is 52.5 Å². The van der Waals surface area contributed by atoms with Crippen LogP contribution in [-0.4, -0.2) is 23.6 Å². The fourth-order valence-corrected chi connectivity index (χ4v) is 2.57. The minimum atomic E-state index is -0.314. The molecule has 1 aromatic heterocycles. The van der Waals surface area contributed by atoms with E-state index >= 15 is 0 Å². The number of pyridine rings is 1. The normalized spacial score (nSPS) is 18.6.